The molecule has 0 spiro atoms. The molecule has 0 aliphatic rings. The summed E-state index contributed by atoms with van der Waals surface area (Å²) in [5.74, 6) is -2.81. The highest BCUT2D eigenvalue weighted by Gasteiger charge is 2.21. The molecule has 0 saturated carbocycles. The quantitative estimate of drug-likeness (QED) is 0.138. The van der Waals surface area contributed by atoms with Crippen molar-refractivity contribution in [1.29, 1.82) is 0 Å². The van der Waals surface area contributed by atoms with Gasteiger partial charge >= 0.3 is 11.9 Å². The number of hydrogen-bond donors (Lipinski definition) is 3. The molecule has 0 fully saturated rings. The summed E-state index contributed by atoms with van der Waals surface area (Å²) >= 11 is 0. The van der Waals surface area contributed by atoms with E-state index in [0.717, 1.165) is 17.7 Å². The van der Waals surface area contributed by atoms with Gasteiger partial charge in [0.2, 0.25) is 0 Å². The third-order valence-electron chi connectivity index (χ3n) is 6.41. The molecular weight excluding hydrogens is 486 g/mol. The van der Waals surface area contributed by atoms with Gasteiger partial charge in [-0.2, -0.15) is 0 Å². The Morgan fingerprint density at radius 1 is 0.763 bits per heavy atom. The number of nitrogens with zero attached hydrogens (tertiary/aromatic N) is 2. The Labute approximate surface area is 225 Å². The van der Waals surface area contributed by atoms with Crippen LogP contribution >= 0.6 is 0 Å². The van der Waals surface area contributed by atoms with Crippen LogP contribution in [0.25, 0.3) is 0 Å². The summed E-state index contributed by atoms with van der Waals surface area (Å²) in [5.41, 5.74) is 1.78. The number of rotatable bonds is 17. The summed E-state index contributed by atoms with van der Waals surface area (Å²) < 4.78 is 0. The fourth-order valence-corrected chi connectivity index (χ4v) is 4.18. The molecule has 0 bridgehead atoms. The van der Waals surface area contributed by atoms with E-state index in [-0.39, 0.29) is 29.9 Å². The van der Waals surface area contributed by atoms with Crippen molar-refractivity contribution >= 4 is 23.5 Å². The highest BCUT2D eigenvalue weighted by Crippen LogP contribution is 2.16. The predicted molar refractivity (Wildman–Crippen MR) is 147 cm³/mol. The van der Waals surface area contributed by atoms with Crippen LogP contribution in [0, 0.1) is 5.21 Å². The average molecular weight is 527 g/mol. The first-order valence-corrected chi connectivity index (χ1v) is 13.5. The van der Waals surface area contributed by atoms with Crippen LogP contribution in [0.4, 0.5) is 5.69 Å². The van der Waals surface area contributed by atoms with E-state index >= 15 is 0 Å². The number of carbonyl (C=O) groups is 3. The van der Waals surface area contributed by atoms with Gasteiger partial charge < -0.3 is 25.8 Å². The van der Waals surface area contributed by atoms with Crippen molar-refractivity contribution in [3.8, 4) is 0 Å². The largest absolute Gasteiger partial charge is 0.733 e. The van der Waals surface area contributed by atoms with Crippen LogP contribution in [-0.2, 0) is 22.7 Å². The maximum Gasteiger partial charge on any atom is 0.394 e. The molecule has 9 heteroatoms. The molecule has 0 heterocycles. The van der Waals surface area contributed by atoms with E-state index in [0.29, 0.717) is 23.2 Å². The van der Waals surface area contributed by atoms with Crippen LogP contribution in [0.15, 0.2) is 48.5 Å². The molecular formula is C29H40N3O6-. The number of hydrogen-bond acceptors (Lipinski definition) is 6. The van der Waals surface area contributed by atoms with Crippen LogP contribution < -0.4 is 10.5 Å². The molecule has 0 aliphatic heterocycles. The Bertz CT molecular complexity index is 992. The maximum absolute atomic E-state index is 12.5. The number of unbranched alkanes of at least 4 members (excludes halogenated alkanes) is 9. The van der Waals surface area contributed by atoms with Gasteiger partial charge in [-0.25, -0.2) is 4.79 Å². The average Bonchev–Trinajstić information content (AvgIpc) is 2.91. The van der Waals surface area contributed by atoms with Crippen LogP contribution in [0.5, 0.6) is 0 Å². The third-order valence-corrected chi connectivity index (χ3v) is 6.41. The number of carboxylic acid groups (broad SMARTS) is 1. The lowest BCUT2D eigenvalue weighted by molar-refractivity contribution is -0.156. The summed E-state index contributed by atoms with van der Waals surface area (Å²) in [6.07, 6.45) is 12.3. The van der Waals surface area contributed by atoms with Gasteiger partial charge in [-0.1, -0.05) is 89.0 Å². The minimum Gasteiger partial charge on any atom is -0.733 e. The van der Waals surface area contributed by atoms with Crippen LogP contribution in [0.3, 0.4) is 0 Å². The second-order valence-corrected chi connectivity index (χ2v) is 9.54. The molecule has 2 aromatic carbocycles. The molecule has 0 atom stereocenters. The van der Waals surface area contributed by atoms with Gasteiger partial charge in [-0.3, -0.25) is 14.8 Å². The summed E-state index contributed by atoms with van der Waals surface area (Å²) in [7, 11) is 0. The fourth-order valence-electron chi connectivity index (χ4n) is 4.18. The lowest BCUT2D eigenvalue weighted by atomic mass is 10.1. The van der Waals surface area contributed by atoms with Crippen molar-refractivity contribution < 1.29 is 24.7 Å². The molecule has 0 unspecified atom stereocenters. The number of amides is 2. The summed E-state index contributed by atoms with van der Waals surface area (Å²) in [5, 5.41) is 31.8. The van der Waals surface area contributed by atoms with Gasteiger partial charge in [-0.15, -0.1) is 0 Å². The first-order chi connectivity index (χ1) is 18.3. The second-order valence-electron chi connectivity index (χ2n) is 9.54. The zero-order valence-electron chi connectivity index (χ0n) is 22.2. The highest BCUT2D eigenvalue weighted by molar-refractivity contribution is 6.31. The van der Waals surface area contributed by atoms with Crippen LogP contribution in [0.1, 0.15) is 92.6 Å². The first kappa shape index (κ1) is 30.8. The molecule has 208 valence electrons. The monoisotopic (exact) mass is 526 g/mol. The topological polar surface area (TPSA) is 133 Å². The van der Waals surface area contributed by atoms with Gasteiger partial charge in [0.25, 0.3) is 5.91 Å². The van der Waals surface area contributed by atoms with Crippen molar-refractivity contribution in [2.75, 3.05) is 11.8 Å². The van der Waals surface area contributed by atoms with E-state index < -0.39 is 11.9 Å². The fraction of sp³-hybridized carbons (Fsp3) is 0.483. The number of aliphatic carboxylic acids is 1. The van der Waals surface area contributed by atoms with Gasteiger partial charge in [0.05, 0.1) is 5.69 Å². The van der Waals surface area contributed by atoms with Gasteiger partial charge in [0.1, 0.15) is 0 Å². The Kier molecular flexibility index (Phi) is 13.9. The molecule has 2 amide bonds. The molecule has 0 saturated heterocycles. The number of nitrogens with one attached hydrogen (secondary N) is 1. The van der Waals surface area contributed by atoms with Crippen molar-refractivity contribution in [2.45, 2.75) is 84.2 Å². The van der Waals surface area contributed by atoms with Crippen molar-refractivity contribution in [3.05, 3.63) is 70.4 Å². The van der Waals surface area contributed by atoms with Crippen molar-refractivity contribution in [1.82, 2.24) is 10.2 Å². The summed E-state index contributed by atoms with van der Waals surface area (Å²) in [4.78, 5) is 37.2. The molecule has 2 aromatic rings. The molecule has 0 aliphatic carbocycles. The smallest absolute Gasteiger partial charge is 0.394 e. The van der Waals surface area contributed by atoms with Gasteiger partial charge in [0, 0.05) is 25.2 Å². The molecule has 0 aromatic heterocycles. The molecule has 2 rings (SSSR count). The van der Waals surface area contributed by atoms with Crippen molar-refractivity contribution in [3.63, 3.8) is 0 Å². The second kappa shape index (κ2) is 17.1. The summed E-state index contributed by atoms with van der Waals surface area (Å²) in [6, 6.07) is 12.5. The molecule has 9 nitrogen and oxygen atoms in total. The van der Waals surface area contributed by atoms with E-state index in [1.807, 2.05) is 0 Å². The maximum atomic E-state index is 12.5. The normalized spacial score (nSPS) is 10.7. The number of carboxylic acids is 1. The Hall–Kier alpha value is -3.43. The van der Waals surface area contributed by atoms with E-state index in [1.165, 1.54) is 75.6 Å². The molecule has 3 N–H and O–H groups in total. The van der Waals surface area contributed by atoms with Gasteiger partial charge in [-0.05, 0) is 41.8 Å². The number of benzene rings is 2. The third kappa shape index (κ3) is 11.3. The molecule has 38 heavy (non-hydrogen) atoms. The standard InChI is InChI=1S/C29H40N3O6/c1-2-3-4-5-6-7-8-9-10-11-20-30-27(33)25-16-12-23(13-17-25)21-31(28(34)29(35)36)22-24-14-18-26(19-15-24)32(37)38/h12-19,37H,2-11,20-22H2,1H3,(H,30,33)(H,35,36)/q-1. The number of anilines is 1. The Morgan fingerprint density at radius 2 is 1.24 bits per heavy atom. The highest BCUT2D eigenvalue weighted by atomic mass is 16.8. The predicted octanol–water partition coefficient (Wildman–Crippen LogP) is 5.64. The summed E-state index contributed by atoms with van der Waals surface area (Å²) in [6.45, 7) is 2.87. The van der Waals surface area contributed by atoms with Crippen molar-refractivity contribution in [2.24, 2.45) is 0 Å². The zero-order valence-corrected chi connectivity index (χ0v) is 22.2. The van der Waals surface area contributed by atoms with E-state index in [9.17, 15) is 24.7 Å². The lowest BCUT2D eigenvalue weighted by Crippen LogP contribution is -2.35. The van der Waals surface area contributed by atoms with E-state index in [1.54, 1.807) is 24.3 Å². The van der Waals surface area contributed by atoms with Gasteiger partial charge in [0.15, 0.2) is 0 Å². The Balaban J connectivity index is 1.78. The van der Waals surface area contributed by atoms with E-state index in [4.69, 9.17) is 5.21 Å². The number of carbonyl (C=O) groups excluding carboxylic acids is 2. The Morgan fingerprint density at radius 3 is 1.71 bits per heavy atom. The molecule has 0 radical (unpaired) electrons. The zero-order chi connectivity index (χ0) is 27.8. The minimum absolute atomic E-state index is 0.00318. The van der Waals surface area contributed by atoms with Crippen LogP contribution in [-0.4, -0.2) is 39.5 Å². The van der Waals surface area contributed by atoms with E-state index in [2.05, 4.69) is 12.2 Å². The first-order valence-electron chi connectivity index (χ1n) is 13.5. The lowest BCUT2D eigenvalue weighted by Gasteiger charge is -2.23. The SMILES string of the molecule is CCCCCCCCCCCCNC(=O)c1ccc(CN(Cc2ccc(N([O-])O)cc2)C(=O)C(=O)O)cc1. The van der Waals surface area contributed by atoms with Crippen LogP contribution in [0.2, 0.25) is 0 Å². The minimum atomic E-state index is -1.58.